The molecule has 1 heterocycles. The Morgan fingerprint density at radius 3 is 2.41 bits per heavy atom. The Hall–Kier alpha value is -4.13. The summed E-state index contributed by atoms with van der Waals surface area (Å²) in [6, 6.07) is 21.5. The van der Waals surface area contributed by atoms with E-state index in [9.17, 15) is 9.18 Å². The molecule has 0 aliphatic rings. The molecule has 34 heavy (non-hydrogen) atoms. The van der Waals surface area contributed by atoms with E-state index >= 15 is 0 Å². The number of nitrogens with one attached hydrogen (secondary N) is 1. The second-order valence-corrected chi connectivity index (χ2v) is 7.76. The zero-order valence-corrected chi connectivity index (χ0v) is 19.1. The number of rotatable bonds is 9. The number of carbonyl (C=O) groups is 1. The Morgan fingerprint density at radius 2 is 1.71 bits per heavy atom. The van der Waals surface area contributed by atoms with Gasteiger partial charge in [0.05, 0.1) is 25.6 Å². The van der Waals surface area contributed by atoms with Crippen LogP contribution in [0.15, 0.2) is 79.0 Å². The van der Waals surface area contributed by atoms with E-state index in [1.807, 2.05) is 54.7 Å². The molecular weight excluding hydrogens is 433 g/mol. The maximum Gasteiger partial charge on any atom is 0.220 e. The lowest BCUT2D eigenvalue weighted by Crippen LogP contribution is -2.23. The highest BCUT2D eigenvalue weighted by Crippen LogP contribution is 2.28. The molecule has 0 spiro atoms. The van der Waals surface area contributed by atoms with Gasteiger partial charge < -0.3 is 14.8 Å². The minimum Gasteiger partial charge on any atom is -0.493 e. The number of para-hydroxylation sites is 1. The zero-order valence-electron chi connectivity index (χ0n) is 19.1. The first-order valence-electron chi connectivity index (χ1n) is 10.9. The number of carbonyl (C=O) groups excluding carboxylic acids is 1. The summed E-state index contributed by atoms with van der Waals surface area (Å²) in [5, 5.41) is 7.69. The van der Waals surface area contributed by atoms with Crippen molar-refractivity contribution in [2.75, 3.05) is 14.2 Å². The predicted molar refractivity (Wildman–Crippen MR) is 129 cm³/mol. The van der Waals surface area contributed by atoms with Gasteiger partial charge in [-0.25, -0.2) is 9.07 Å². The summed E-state index contributed by atoms with van der Waals surface area (Å²) in [5.74, 6) is 0.903. The fraction of sp³-hybridized carbons (Fsp3) is 0.185. The molecule has 3 aromatic carbocycles. The molecule has 4 rings (SSSR count). The van der Waals surface area contributed by atoms with Gasteiger partial charge in [0.15, 0.2) is 11.5 Å². The molecule has 1 amide bonds. The van der Waals surface area contributed by atoms with Gasteiger partial charge in [-0.15, -0.1) is 0 Å². The van der Waals surface area contributed by atoms with Gasteiger partial charge in [-0.2, -0.15) is 5.10 Å². The van der Waals surface area contributed by atoms with E-state index in [2.05, 4.69) is 5.32 Å². The van der Waals surface area contributed by atoms with Crippen LogP contribution in [0.3, 0.4) is 0 Å². The molecule has 0 aliphatic heterocycles. The summed E-state index contributed by atoms with van der Waals surface area (Å²) in [4.78, 5) is 12.6. The summed E-state index contributed by atoms with van der Waals surface area (Å²) >= 11 is 0. The second-order valence-electron chi connectivity index (χ2n) is 7.76. The smallest absolute Gasteiger partial charge is 0.220 e. The minimum absolute atomic E-state index is 0.0766. The Balaban J connectivity index is 1.46. The number of halogens is 1. The quantitative estimate of drug-likeness (QED) is 0.385. The van der Waals surface area contributed by atoms with Gasteiger partial charge in [0.1, 0.15) is 5.82 Å². The van der Waals surface area contributed by atoms with Crippen LogP contribution in [0.1, 0.15) is 17.5 Å². The van der Waals surface area contributed by atoms with Crippen molar-refractivity contribution >= 4 is 5.91 Å². The minimum atomic E-state index is -0.309. The SMILES string of the molecule is COc1ccc(CCC(=O)NCc2cn(-c3ccccc3)nc2-c2ccc(F)cc2)cc1OC. The fourth-order valence-electron chi connectivity index (χ4n) is 3.68. The molecular formula is C27H26FN3O3. The Kier molecular flexibility index (Phi) is 7.22. The highest BCUT2D eigenvalue weighted by molar-refractivity contribution is 5.76. The molecule has 0 atom stereocenters. The molecule has 0 bridgehead atoms. The molecule has 0 saturated heterocycles. The van der Waals surface area contributed by atoms with Gasteiger partial charge in [-0.1, -0.05) is 24.3 Å². The maximum absolute atomic E-state index is 13.4. The normalized spacial score (nSPS) is 10.7. The first-order valence-corrected chi connectivity index (χ1v) is 10.9. The molecule has 0 saturated carbocycles. The molecule has 0 aliphatic carbocycles. The second kappa shape index (κ2) is 10.7. The molecule has 1 N–H and O–H groups in total. The monoisotopic (exact) mass is 459 g/mol. The third kappa shape index (κ3) is 5.43. The van der Waals surface area contributed by atoms with Crippen LogP contribution in [0.25, 0.3) is 16.9 Å². The number of hydrogen-bond donors (Lipinski definition) is 1. The van der Waals surface area contributed by atoms with Crippen LogP contribution in [0.5, 0.6) is 11.5 Å². The van der Waals surface area contributed by atoms with Crippen molar-refractivity contribution in [2.24, 2.45) is 0 Å². The van der Waals surface area contributed by atoms with Crippen LogP contribution in [-0.2, 0) is 17.8 Å². The molecule has 174 valence electrons. The van der Waals surface area contributed by atoms with Crippen molar-refractivity contribution in [1.29, 1.82) is 0 Å². The molecule has 6 nitrogen and oxygen atoms in total. The van der Waals surface area contributed by atoms with Crippen molar-refractivity contribution < 1.29 is 18.7 Å². The summed E-state index contributed by atoms with van der Waals surface area (Å²) in [6.45, 7) is 0.310. The van der Waals surface area contributed by atoms with Gasteiger partial charge in [0.2, 0.25) is 5.91 Å². The van der Waals surface area contributed by atoms with Crippen molar-refractivity contribution in [1.82, 2.24) is 15.1 Å². The average Bonchev–Trinajstić information content (AvgIpc) is 3.31. The highest BCUT2D eigenvalue weighted by Gasteiger charge is 2.14. The lowest BCUT2D eigenvalue weighted by molar-refractivity contribution is -0.121. The van der Waals surface area contributed by atoms with Crippen molar-refractivity contribution in [3.8, 4) is 28.4 Å². The number of amides is 1. The molecule has 0 radical (unpaired) electrons. The van der Waals surface area contributed by atoms with E-state index in [-0.39, 0.29) is 11.7 Å². The first kappa shape index (κ1) is 23.0. The number of nitrogens with zero attached hydrogens (tertiary/aromatic N) is 2. The topological polar surface area (TPSA) is 65.4 Å². The maximum atomic E-state index is 13.4. The Bertz CT molecular complexity index is 1250. The molecule has 7 heteroatoms. The van der Waals surface area contributed by atoms with Gasteiger partial charge in [-0.05, 0) is 60.5 Å². The summed E-state index contributed by atoms with van der Waals surface area (Å²) in [7, 11) is 3.17. The number of hydrogen-bond acceptors (Lipinski definition) is 4. The van der Waals surface area contributed by atoms with Crippen LogP contribution in [0.2, 0.25) is 0 Å². The van der Waals surface area contributed by atoms with E-state index < -0.39 is 0 Å². The lowest BCUT2D eigenvalue weighted by Gasteiger charge is -2.10. The summed E-state index contributed by atoms with van der Waals surface area (Å²) < 4.78 is 25.8. The van der Waals surface area contributed by atoms with Crippen LogP contribution < -0.4 is 14.8 Å². The predicted octanol–water partition coefficient (Wildman–Crippen LogP) is 4.94. The van der Waals surface area contributed by atoms with Crippen molar-refractivity contribution in [3.63, 3.8) is 0 Å². The van der Waals surface area contributed by atoms with E-state index in [0.29, 0.717) is 36.6 Å². The van der Waals surface area contributed by atoms with E-state index in [0.717, 1.165) is 22.4 Å². The first-order chi connectivity index (χ1) is 16.6. The standard InChI is InChI=1S/C27H26FN3O3/c1-33-24-14-8-19(16-25(24)34-2)9-15-26(32)29-17-21-18-31(23-6-4-3-5-7-23)30-27(21)20-10-12-22(28)13-11-20/h3-8,10-14,16,18H,9,15,17H2,1-2H3,(H,29,32). The number of aryl methyl sites for hydroxylation is 1. The zero-order chi connectivity index (χ0) is 23.9. The van der Waals surface area contributed by atoms with E-state index in [1.54, 1.807) is 31.0 Å². The van der Waals surface area contributed by atoms with Gasteiger partial charge in [0, 0.05) is 30.3 Å². The average molecular weight is 460 g/mol. The van der Waals surface area contributed by atoms with Crippen LogP contribution >= 0.6 is 0 Å². The molecule has 0 unspecified atom stereocenters. The van der Waals surface area contributed by atoms with Crippen LogP contribution in [0, 0.1) is 5.82 Å². The molecule has 0 fully saturated rings. The van der Waals surface area contributed by atoms with E-state index in [1.165, 1.54) is 12.1 Å². The third-order valence-electron chi connectivity index (χ3n) is 5.49. The summed E-state index contributed by atoms with van der Waals surface area (Å²) in [5.41, 5.74) is 4.21. The van der Waals surface area contributed by atoms with Gasteiger partial charge in [0.25, 0.3) is 0 Å². The molecule has 1 aromatic heterocycles. The Labute approximate surface area is 198 Å². The Morgan fingerprint density at radius 1 is 0.971 bits per heavy atom. The summed E-state index contributed by atoms with van der Waals surface area (Å²) in [6.07, 6.45) is 2.79. The number of methoxy groups -OCH3 is 2. The highest BCUT2D eigenvalue weighted by atomic mass is 19.1. The number of aromatic nitrogens is 2. The largest absolute Gasteiger partial charge is 0.493 e. The number of benzene rings is 3. The lowest BCUT2D eigenvalue weighted by atomic mass is 10.1. The molecule has 4 aromatic rings. The third-order valence-corrected chi connectivity index (χ3v) is 5.49. The van der Waals surface area contributed by atoms with Crippen LogP contribution in [0.4, 0.5) is 4.39 Å². The van der Waals surface area contributed by atoms with Gasteiger partial charge >= 0.3 is 0 Å². The van der Waals surface area contributed by atoms with Crippen molar-refractivity contribution in [2.45, 2.75) is 19.4 Å². The fourth-order valence-corrected chi connectivity index (χ4v) is 3.68. The van der Waals surface area contributed by atoms with E-state index in [4.69, 9.17) is 14.6 Å². The van der Waals surface area contributed by atoms with Crippen LogP contribution in [-0.4, -0.2) is 29.9 Å². The number of ether oxygens (including phenoxy) is 2. The van der Waals surface area contributed by atoms with Gasteiger partial charge in [-0.3, -0.25) is 4.79 Å². The van der Waals surface area contributed by atoms with Crippen molar-refractivity contribution in [3.05, 3.63) is 95.9 Å².